The zero-order valence-electron chi connectivity index (χ0n) is 23.0. The number of nitrogens with two attached hydrogens (primary N) is 1. The first-order chi connectivity index (χ1) is 20.1. The third-order valence-electron chi connectivity index (χ3n) is 6.50. The van der Waals surface area contributed by atoms with Crippen LogP contribution in [0, 0.1) is 0 Å². The molecule has 0 radical (unpaired) electrons. The minimum Gasteiger partial charge on any atom is -0.405 e. The van der Waals surface area contributed by atoms with Crippen molar-refractivity contribution in [1.29, 1.82) is 0 Å². The van der Waals surface area contributed by atoms with Gasteiger partial charge in [-0.05, 0) is 72.9 Å². The van der Waals surface area contributed by atoms with Crippen molar-refractivity contribution >= 4 is 50.5 Å². The Labute approximate surface area is 250 Å². The van der Waals surface area contributed by atoms with Crippen LogP contribution in [0.3, 0.4) is 0 Å². The molecule has 0 bridgehead atoms. The SMILES string of the molecule is C=C(N=C(/C=C\N)c1ccc(NS(=O)(=O)c2ccc(Cl)cc2)cc1)Nc1ccc(C(=O)N2CCN(C(C)=O)CC2)cc1. The lowest BCUT2D eigenvalue weighted by atomic mass is 10.1. The van der Waals surface area contributed by atoms with Crippen molar-refractivity contribution in [2.45, 2.75) is 11.8 Å². The zero-order valence-corrected chi connectivity index (χ0v) is 24.5. The summed E-state index contributed by atoms with van der Waals surface area (Å²) < 4.78 is 27.9. The van der Waals surface area contributed by atoms with E-state index in [1.54, 1.807) is 64.4 Å². The van der Waals surface area contributed by atoms with Crippen molar-refractivity contribution in [2.75, 3.05) is 36.2 Å². The van der Waals surface area contributed by atoms with Crippen LogP contribution in [0.2, 0.25) is 5.02 Å². The second kappa shape index (κ2) is 13.4. The van der Waals surface area contributed by atoms with Crippen LogP contribution in [0.4, 0.5) is 11.4 Å². The van der Waals surface area contributed by atoms with Crippen LogP contribution in [-0.2, 0) is 14.8 Å². The van der Waals surface area contributed by atoms with Crippen LogP contribution in [-0.4, -0.2) is 61.9 Å². The maximum Gasteiger partial charge on any atom is 0.261 e. The highest BCUT2D eigenvalue weighted by Crippen LogP contribution is 2.20. The molecule has 4 rings (SSSR count). The van der Waals surface area contributed by atoms with Crippen molar-refractivity contribution in [3.8, 4) is 0 Å². The van der Waals surface area contributed by atoms with E-state index in [2.05, 4.69) is 21.6 Å². The first-order valence-electron chi connectivity index (χ1n) is 13.0. The molecule has 1 saturated heterocycles. The Kier molecular flexibility index (Phi) is 9.66. The molecule has 0 aliphatic carbocycles. The molecule has 1 aliphatic rings. The summed E-state index contributed by atoms with van der Waals surface area (Å²) in [6, 6.07) is 19.5. The van der Waals surface area contributed by atoms with Gasteiger partial charge in [0.1, 0.15) is 5.82 Å². The second-order valence-electron chi connectivity index (χ2n) is 9.44. The van der Waals surface area contributed by atoms with Gasteiger partial charge in [0.2, 0.25) is 5.91 Å². The first kappa shape index (κ1) is 30.4. The molecular formula is C30H31ClN6O4S. The van der Waals surface area contributed by atoms with Gasteiger partial charge >= 0.3 is 0 Å². The zero-order chi connectivity index (χ0) is 30.3. The summed E-state index contributed by atoms with van der Waals surface area (Å²) in [4.78, 5) is 32.5. The number of carbonyl (C=O) groups excluding carboxylic acids is 2. The van der Waals surface area contributed by atoms with E-state index in [0.29, 0.717) is 65.2 Å². The largest absolute Gasteiger partial charge is 0.405 e. The van der Waals surface area contributed by atoms with Crippen LogP contribution < -0.4 is 15.8 Å². The number of aliphatic imine (C=N–C) groups is 1. The second-order valence-corrected chi connectivity index (χ2v) is 11.6. The maximum atomic E-state index is 12.9. The lowest BCUT2D eigenvalue weighted by Gasteiger charge is -2.34. The van der Waals surface area contributed by atoms with Crippen LogP contribution in [0.1, 0.15) is 22.8 Å². The summed E-state index contributed by atoms with van der Waals surface area (Å²) in [6.45, 7) is 7.55. The van der Waals surface area contributed by atoms with Crippen LogP contribution >= 0.6 is 11.6 Å². The van der Waals surface area contributed by atoms with Gasteiger partial charge in [-0.15, -0.1) is 0 Å². The molecule has 218 valence electrons. The van der Waals surface area contributed by atoms with Gasteiger partial charge in [0.25, 0.3) is 15.9 Å². The highest BCUT2D eigenvalue weighted by molar-refractivity contribution is 7.92. The van der Waals surface area contributed by atoms with E-state index in [9.17, 15) is 18.0 Å². The molecule has 1 aliphatic heterocycles. The van der Waals surface area contributed by atoms with E-state index in [1.165, 1.54) is 37.4 Å². The Bertz CT molecular complexity index is 1610. The van der Waals surface area contributed by atoms with Crippen molar-refractivity contribution < 1.29 is 18.0 Å². The highest BCUT2D eigenvalue weighted by atomic mass is 35.5. The van der Waals surface area contributed by atoms with Gasteiger partial charge in [-0.2, -0.15) is 0 Å². The number of nitrogens with one attached hydrogen (secondary N) is 2. The van der Waals surface area contributed by atoms with Crippen molar-refractivity contribution in [3.05, 3.63) is 114 Å². The van der Waals surface area contributed by atoms with Gasteiger partial charge in [0.15, 0.2) is 0 Å². The molecule has 10 nitrogen and oxygen atoms in total. The van der Waals surface area contributed by atoms with Crippen molar-refractivity contribution in [3.63, 3.8) is 0 Å². The Morgan fingerprint density at radius 2 is 1.43 bits per heavy atom. The minimum absolute atomic E-state index is 0.0141. The predicted octanol–water partition coefficient (Wildman–Crippen LogP) is 4.29. The van der Waals surface area contributed by atoms with Crippen LogP contribution in [0.15, 0.2) is 107 Å². The molecule has 42 heavy (non-hydrogen) atoms. The van der Waals surface area contributed by atoms with E-state index in [1.807, 2.05) is 0 Å². The fraction of sp³-hybridized carbons (Fsp3) is 0.167. The Balaban J connectivity index is 1.39. The van der Waals surface area contributed by atoms with E-state index in [4.69, 9.17) is 17.3 Å². The van der Waals surface area contributed by atoms with Crippen LogP contribution in [0.25, 0.3) is 0 Å². The Morgan fingerprint density at radius 3 is 2.00 bits per heavy atom. The monoisotopic (exact) mass is 606 g/mol. The number of benzene rings is 3. The smallest absolute Gasteiger partial charge is 0.261 e. The molecule has 0 aromatic heterocycles. The van der Waals surface area contributed by atoms with Gasteiger partial charge in [-0.25, -0.2) is 13.4 Å². The van der Waals surface area contributed by atoms with Gasteiger partial charge in [-0.1, -0.05) is 30.3 Å². The van der Waals surface area contributed by atoms with Crippen molar-refractivity contribution in [1.82, 2.24) is 9.80 Å². The topological polar surface area (TPSA) is 137 Å². The lowest BCUT2D eigenvalue weighted by Crippen LogP contribution is -2.50. The number of hydrogen-bond donors (Lipinski definition) is 3. The fourth-order valence-electron chi connectivity index (χ4n) is 4.27. The number of sulfonamides is 1. The minimum atomic E-state index is -3.78. The molecule has 0 unspecified atom stereocenters. The third kappa shape index (κ3) is 7.77. The molecule has 1 fully saturated rings. The Hall–Kier alpha value is -4.61. The van der Waals surface area contributed by atoms with Gasteiger partial charge in [-0.3, -0.25) is 14.3 Å². The van der Waals surface area contributed by atoms with E-state index in [-0.39, 0.29) is 16.7 Å². The molecule has 1 heterocycles. The molecule has 3 aromatic carbocycles. The number of amides is 2. The van der Waals surface area contributed by atoms with Gasteiger partial charge < -0.3 is 20.9 Å². The molecule has 0 atom stereocenters. The molecule has 0 saturated carbocycles. The number of allylic oxidation sites excluding steroid dienone is 1. The van der Waals surface area contributed by atoms with Crippen molar-refractivity contribution in [2.24, 2.45) is 10.7 Å². The predicted molar refractivity (Wildman–Crippen MR) is 166 cm³/mol. The molecule has 12 heteroatoms. The first-order valence-corrected chi connectivity index (χ1v) is 14.9. The molecule has 2 amide bonds. The summed E-state index contributed by atoms with van der Waals surface area (Å²) in [5.41, 5.74) is 8.43. The molecule has 4 N–H and O–H groups in total. The van der Waals surface area contributed by atoms with Gasteiger partial charge in [0.05, 0.1) is 10.6 Å². The Morgan fingerprint density at radius 1 is 0.881 bits per heavy atom. The fourth-order valence-corrected chi connectivity index (χ4v) is 5.45. The average molecular weight is 607 g/mol. The summed E-state index contributed by atoms with van der Waals surface area (Å²) in [6.07, 6.45) is 2.95. The highest BCUT2D eigenvalue weighted by Gasteiger charge is 2.23. The molecule has 0 spiro atoms. The third-order valence-corrected chi connectivity index (χ3v) is 8.15. The number of nitrogens with zero attached hydrogens (tertiary/aromatic N) is 3. The van der Waals surface area contributed by atoms with Crippen LogP contribution in [0.5, 0.6) is 0 Å². The number of carbonyl (C=O) groups is 2. The summed E-state index contributed by atoms with van der Waals surface area (Å²) in [5, 5.41) is 3.55. The normalized spacial score (nSPS) is 14.1. The van der Waals surface area contributed by atoms with Gasteiger partial charge in [0, 0.05) is 60.6 Å². The van der Waals surface area contributed by atoms with E-state index >= 15 is 0 Å². The number of halogens is 1. The number of piperazine rings is 1. The van der Waals surface area contributed by atoms with E-state index < -0.39 is 10.0 Å². The maximum absolute atomic E-state index is 12.9. The standard InChI is InChI=1S/C30H31ClN6O4S/c1-21(33-26-9-5-24(6-10-26)30(39)37-19-17-36(18-20-37)22(2)38)34-29(15-16-32)23-3-11-27(12-4-23)35-42(40,41)28-13-7-25(31)8-14-28/h3-16,33,35H,1,17-20,32H2,2H3/b16-15-,34-29?. The number of rotatable bonds is 9. The number of hydrogen-bond acceptors (Lipinski definition) is 7. The quantitative estimate of drug-likeness (QED) is 0.311. The molecular weight excluding hydrogens is 576 g/mol. The summed E-state index contributed by atoms with van der Waals surface area (Å²) >= 11 is 5.86. The van der Waals surface area contributed by atoms with E-state index in [0.717, 1.165) is 0 Å². The average Bonchev–Trinajstić information content (AvgIpc) is 2.97. The molecule has 3 aromatic rings. The summed E-state index contributed by atoms with van der Waals surface area (Å²) in [7, 11) is -3.78. The summed E-state index contributed by atoms with van der Waals surface area (Å²) in [5.74, 6) is 0.256. The number of anilines is 2. The lowest BCUT2D eigenvalue weighted by molar-refractivity contribution is -0.130.